The van der Waals surface area contributed by atoms with Gasteiger partial charge in [0.2, 0.25) is 0 Å². The minimum Gasteiger partial charge on any atom is -0.456 e. The third-order valence-corrected chi connectivity index (χ3v) is 2.85. The molecule has 0 aromatic heterocycles. The number of ether oxygens (including phenoxy) is 1. The molecule has 0 amide bonds. The van der Waals surface area contributed by atoms with Crippen LogP contribution in [0, 0.1) is 11.3 Å². The van der Waals surface area contributed by atoms with Gasteiger partial charge in [-0.1, -0.05) is 23.2 Å². The molecule has 2 aromatic rings. The first kappa shape index (κ1) is 12.6. The van der Waals surface area contributed by atoms with E-state index in [-0.39, 0.29) is 0 Å². The van der Waals surface area contributed by atoms with Gasteiger partial charge < -0.3 is 10.5 Å². The zero-order valence-electron chi connectivity index (χ0n) is 9.15. The average Bonchev–Trinajstić information content (AvgIpc) is 2.33. The lowest BCUT2D eigenvalue weighted by Gasteiger charge is -2.08. The van der Waals surface area contributed by atoms with Gasteiger partial charge in [-0.15, -0.1) is 0 Å². The number of nitriles is 1. The second-order valence-corrected chi connectivity index (χ2v) is 4.36. The molecule has 0 saturated carbocycles. The van der Waals surface area contributed by atoms with Crippen LogP contribution in [-0.4, -0.2) is 0 Å². The molecule has 18 heavy (non-hydrogen) atoms. The van der Waals surface area contributed by atoms with E-state index in [9.17, 15) is 0 Å². The van der Waals surface area contributed by atoms with Crippen molar-refractivity contribution in [2.75, 3.05) is 5.73 Å². The normalized spacial score (nSPS) is 9.83. The van der Waals surface area contributed by atoms with Gasteiger partial charge in [-0.3, -0.25) is 0 Å². The molecule has 0 atom stereocenters. The van der Waals surface area contributed by atoms with E-state index in [0.29, 0.717) is 32.8 Å². The van der Waals surface area contributed by atoms with Gasteiger partial charge in [-0.25, -0.2) is 0 Å². The predicted octanol–water partition coefficient (Wildman–Crippen LogP) is 4.24. The summed E-state index contributed by atoms with van der Waals surface area (Å²) in [5.41, 5.74) is 6.54. The number of nitrogen functional groups attached to an aromatic ring is 1. The Bertz CT molecular complexity index is 635. The smallest absolute Gasteiger partial charge is 0.146 e. The Hall–Kier alpha value is -1.89. The molecule has 0 heterocycles. The molecule has 0 aliphatic rings. The minimum absolute atomic E-state index is 0.335. The van der Waals surface area contributed by atoms with Crippen molar-refractivity contribution in [1.82, 2.24) is 0 Å². The number of hydrogen-bond donors (Lipinski definition) is 1. The second-order valence-electron chi connectivity index (χ2n) is 3.55. The van der Waals surface area contributed by atoms with Gasteiger partial charge in [0.25, 0.3) is 0 Å². The van der Waals surface area contributed by atoms with Crippen molar-refractivity contribution in [1.29, 1.82) is 5.26 Å². The molecule has 2 rings (SSSR count). The van der Waals surface area contributed by atoms with Gasteiger partial charge in [0.05, 0.1) is 15.6 Å². The summed E-state index contributed by atoms with van der Waals surface area (Å²) in [7, 11) is 0. The average molecular weight is 279 g/mol. The topological polar surface area (TPSA) is 59.0 Å². The fraction of sp³-hybridized carbons (Fsp3) is 0. The Labute approximate surface area is 114 Å². The summed E-state index contributed by atoms with van der Waals surface area (Å²) >= 11 is 11.9. The standard InChI is InChI=1S/C13H8Cl2N2O/c14-11-6-10(3-1-8(11)7-16)18-13-4-2-9(17)5-12(13)15/h1-6H,17H2. The summed E-state index contributed by atoms with van der Waals surface area (Å²) < 4.78 is 5.56. The fourth-order valence-electron chi connectivity index (χ4n) is 1.38. The molecule has 0 aliphatic heterocycles. The van der Waals surface area contributed by atoms with Gasteiger partial charge in [0, 0.05) is 11.8 Å². The lowest BCUT2D eigenvalue weighted by atomic mass is 10.2. The largest absolute Gasteiger partial charge is 0.456 e. The third-order valence-electron chi connectivity index (χ3n) is 2.24. The maximum absolute atomic E-state index is 8.76. The van der Waals surface area contributed by atoms with E-state index in [2.05, 4.69) is 0 Å². The number of nitrogens with two attached hydrogens (primary N) is 1. The molecule has 0 fully saturated rings. The summed E-state index contributed by atoms with van der Waals surface area (Å²) in [6.45, 7) is 0. The van der Waals surface area contributed by atoms with Gasteiger partial charge >= 0.3 is 0 Å². The summed E-state index contributed by atoms with van der Waals surface area (Å²) in [4.78, 5) is 0. The zero-order chi connectivity index (χ0) is 13.1. The molecule has 0 bridgehead atoms. The van der Waals surface area contributed by atoms with Crippen LogP contribution in [0.5, 0.6) is 11.5 Å². The molecule has 2 N–H and O–H groups in total. The van der Waals surface area contributed by atoms with E-state index < -0.39 is 0 Å². The van der Waals surface area contributed by atoms with Gasteiger partial charge in [-0.05, 0) is 30.3 Å². The van der Waals surface area contributed by atoms with E-state index in [1.807, 2.05) is 6.07 Å². The zero-order valence-corrected chi connectivity index (χ0v) is 10.7. The van der Waals surface area contributed by atoms with E-state index >= 15 is 0 Å². The van der Waals surface area contributed by atoms with Crippen LogP contribution >= 0.6 is 23.2 Å². The highest BCUT2D eigenvalue weighted by molar-refractivity contribution is 6.32. The first-order valence-electron chi connectivity index (χ1n) is 5.02. The van der Waals surface area contributed by atoms with Crippen LogP contribution in [0.15, 0.2) is 36.4 Å². The highest BCUT2D eigenvalue weighted by Gasteiger charge is 2.06. The Morgan fingerprint density at radius 2 is 1.83 bits per heavy atom. The van der Waals surface area contributed by atoms with E-state index in [4.69, 9.17) is 38.9 Å². The van der Waals surface area contributed by atoms with Gasteiger partial charge in [0.15, 0.2) is 0 Å². The number of hydrogen-bond acceptors (Lipinski definition) is 3. The first-order valence-corrected chi connectivity index (χ1v) is 5.78. The van der Waals surface area contributed by atoms with Crippen molar-refractivity contribution in [2.24, 2.45) is 0 Å². The van der Waals surface area contributed by atoms with Crippen molar-refractivity contribution in [3.05, 3.63) is 52.0 Å². The molecule has 0 unspecified atom stereocenters. The third kappa shape index (κ3) is 2.67. The van der Waals surface area contributed by atoms with Crippen molar-refractivity contribution in [3.8, 4) is 17.6 Å². The summed E-state index contributed by atoms with van der Waals surface area (Å²) in [5.74, 6) is 0.984. The Kier molecular flexibility index (Phi) is 3.61. The highest BCUT2D eigenvalue weighted by Crippen LogP contribution is 2.32. The molecule has 5 heteroatoms. The number of nitrogens with zero attached hydrogens (tertiary/aromatic N) is 1. The number of benzene rings is 2. The molecular weight excluding hydrogens is 271 g/mol. The van der Waals surface area contributed by atoms with E-state index in [0.717, 1.165) is 0 Å². The summed E-state index contributed by atoms with van der Waals surface area (Å²) in [6, 6.07) is 11.7. The lowest BCUT2D eigenvalue weighted by molar-refractivity contribution is 0.483. The maximum atomic E-state index is 8.76. The summed E-state index contributed by atoms with van der Waals surface area (Å²) in [5, 5.41) is 9.51. The molecular formula is C13H8Cl2N2O. The molecule has 0 aliphatic carbocycles. The minimum atomic E-state index is 0.335. The van der Waals surface area contributed by atoms with Crippen LogP contribution in [0.3, 0.4) is 0 Å². The van der Waals surface area contributed by atoms with Gasteiger partial charge in [-0.2, -0.15) is 5.26 Å². The molecule has 90 valence electrons. The summed E-state index contributed by atoms with van der Waals surface area (Å²) in [6.07, 6.45) is 0. The van der Waals surface area contributed by atoms with Crippen LogP contribution in [0.25, 0.3) is 0 Å². The Morgan fingerprint density at radius 1 is 1.06 bits per heavy atom. The van der Waals surface area contributed by atoms with Crippen molar-refractivity contribution < 1.29 is 4.74 Å². The van der Waals surface area contributed by atoms with Crippen molar-refractivity contribution >= 4 is 28.9 Å². The quantitative estimate of drug-likeness (QED) is 0.836. The van der Waals surface area contributed by atoms with Crippen LogP contribution in [0.2, 0.25) is 10.0 Å². The van der Waals surface area contributed by atoms with Crippen LogP contribution in [0.4, 0.5) is 5.69 Å². The molecule has 0 spiro atoms. The highest BCUT2D eigenvalue weighted by atomic mass is 35.5. The Morgan fingerprint density at radius 3 is 2.44 bits per heavy atom. The first-order chi connectivity index (χ1) is 8.60. The number of anilines is 1. The van der Waals surface area contributed by atoms with E-state index in [1.54, 1.807) is 36.4 Å². The van der Waals surface area contributed by atoms with Gasteiger partial charge in [0.1, 0.15) is 17.6 Å². The number of halogens is 2. The number of rotatable bonds is 2. The van der Waals surface area contributed by atoms with Crippen molar-refractivity contribution in [2.45, 2.75) is 0 Å². The van der Waals surface area contributed by atoms with Crippen LogP contribution in [0.1, 0.15) is 5.56 Å². The van der Waals surface area contributed by atoms with Crippen LogP contribution < -0.4 is 10.5 Å². The Balaban J connectivity index is 2.29. The maximum Gasteiger partial charge on any atom is 0.146 e. The molecule has 0 radical (unpaired) electrons. The molecule has 3 nitrogen and oxygen atoms in total. The van der Waals surface area contributed by atoms with Crippen LogP contribution in [-0.2, 0) is 0 Å². The molecule has 2 aromatic carbocycles. The monoisotopic (exact) mass is 278 g/mol. The second kappa shape index (κ2) is 5.18. The van der Waals surface area contributed by atoms with E-state index in [1.165, 1.54) is 0 Å². The lowest BCUT2D eigenvalue weighted by Crippen LogP contribution is -1.89. The fourth-order valence-corrected chi connectivity index (χ4v) is 1.82. The molecule has 0 saturated heterocycles. The van der Waals surface area contributed by atoms with Crippen molar-refractivity contribution in [3.63, 3.8) is 0 Å². The predicted molar refractivity (Wildman–Crippen MR) is 72.1 cm³/mol. The SMILES string of the molecule is N#Cc1ccc(Oc2ccc(N)cc2Cl)cc1Cl.